The van der Waals surface area contributed by atoms with Crippen LogP contribution in [0.5, 0.6) is 0 Å². The molecule has 3 aliphatic rings. The zero-order chi connectivity index (χ0) is 12.2. The molecule has 1 saturated carbocycles. The van der Waals surface area contributed by atoms with E-state index in [2.05, 4.69) is 15.1 Å². The topological polar surface area (TPSA) is 18.5 Å². The van der Waals surface area contributed by atoms with E-state index in [1.807, 2.05) is 0 Å². The summed E-state index contributed by atoms with van der Waals surface area (Å²) in [4.78, 5) is 5.37. The predicted octanol–water partition coefficient (Wildman–Crippen LogP) is 1.55. The Labute approximate surface area is 112 Å². The van der Waals surface area contributed by atoms with E-state index in [0.717, 1.165) is 12.0 Å². The van der Waals surface area contributed by atoms with Crippen LogP contribution in [0.1, 0.15) is 38.5 Å². The maximum atomic E-state index is 3.66. The second kappa shape index (κ2) is 6.36. The van der Waals surface area contributed by atoms with E-state index in [0.29, 0.717) is 0 Å². The first-order valence-corrected chi connectivity index (χ1v) is 8.08. The van der Waals surface area contributed by atoms with E-state index in [-0.39, 0.29) is 0 Å². The highest BCUT2D eigenvalue weighted by Gasteiger charge is 2.26. The number of piperidine rings is 1. The highest BCUT2D eigenvalue weighted by atomic mass is 15.3. The second-order valence-corrected chi connectivity index (χ2v) is 6.52. The minimum absolute atomic E-state index is 0.809. The van der Waals surface area contributed by atoms with Gasteiger partial charge < -0.3 is 15.1 Å². The van der Waals surface area contributed by atoms with Crippen LogP contribution in [0.2, 0.25) is 0 Å². The van der Waals surface area contributed by atoms with Crippen molar-refractivity contribution >= 4 is 0 Å². The van der Waals surface area contributed by atoms with Crippen molar-refractivity contribution in [3.63, 3.8) is 0 Å². The highest BCUT2D eigenvalue weighted by molar-refractivity contribution is 4.81. The standard InChI is InChI=1S/C15H29N3/c1-2-7-16-15(3-1)6-8-17-9-11-18(12-10-17)13-14-4-5-14/h14-16H,1-13H2. The van der Waals surface area contributed by atoms with Gasteiger partial charge in [-0.05, 0) is 51.1 Å². The van der Waals surface area contributed by atoms with Crippen molar-refractivity contribution in [3.05, 3.63) is 0 Å². The lowest BCUT2D eigenvalue weighted by Crippen LogP contribution is -2.48. The fourth-order valence-corrected chi connectivity index (χ4v) is 3.37. The normalized spacial score (nSPS) is 31.7. The van der Waals surface area contributed by atoms with E-state index in [4.69, 9.17) is 0 Å². The largest absolute Gasteiger partial charge is 0.314 e. The van der Waals surface area contributed by atoms with Crippen LogP contribution in [0.3, 0.4) is 0 Å². The number of hydrogen-bond donors (Lipinski definition) is 1. The first kappa shape index (κ1) is 12.9. The number of piperazine rings is 1. The van der Waals surface area contributed by atoms with E-state index in [1.165, 1.54) is 84.3 Å². The molecule has 104 valence electrons. The minimum atomic E-state index is 0.809. The lowest BCUT2D eigenvalue weighted by Gasteiger charge is -2.35. The molecular weight excluding hydrogens is 222 g/mol. The summed E-state index contributed by atoms with van der Waals surface area (Å²) < 4.78 is 0. The van der Waals surface area contributed by atoms with Gasteiger partial charge in [0.15, 0.2) is 0 Å². The van der Waals surface area contributed by atoms with Gasteiger partial charge in [-0.1, -0.05) is 6.42 Å². The highest BCUT2D eigenvalue weighted by Crippen LogP contribution is 2.29. The van der Waals surface area contributed by atoms with Crippen molar-refractivity contribution in [2.75, 3.05) is 45.8 Å². The van der Waals surface area contributed by atoms with Crippen molar-refractivity contribution in [2.45, 2.75) is 44.6 Å². The molecule has 0 spiro atoms. The molecule has 2 saturated heterocycles. The van der Waals surface area contributed by atoms with Gasteiger partial charge in [0, 0.05) is 38.8 Å². The summed E-state index contributed by atoms with van der Waals surface area (Å²) in [6, 6.07) is 0.809. The third-order valence-corrected chi connectivity index (χ3v) is 4.88. The molecule has 0 bridgehead atoms. The lowest BCUT2D eigenvalue weighted by atomic mass is 10.0. The quantitative estimate of drug-likeness (QED) is 0.800. The molecule has 1 atom stereocenters. The molecule has 3 rings (SSSR count). The van der Waals surface area contributed by atoms with E-state index in [9.17, 15) is 0 Å². The molecule has 2 aliphatic heterocycles. The van der Waals surface area contributed by atoms with Crippen LogP contribution >= 0.6 is 0 Å². The Bertz CT molecular complexity index is 238. The van der Waals surface area contributed by atoms with Crippen LogP contribution < -0.4 is 5.32 Å². The lowest BCUT2D eigenvalue weighted by molar-refractivity contribution is 0.123. The molecule has 1 aliphatic carbocycles. The van der Waals surface area contributed by atoms with Crippen LogP contribution in [0.25, 0.3) is 0 Å². The van der Waals surface area contributed by atoms with Crippen molar-refractivity contribution in [2.24, 2.45) is 5.92 Å². The Kier molecular flexibility index (Phi) is 4.55. The molecule has 0 radical (unpaired) electrons. The molecule has 0 amide bonds. The first-order chi connectivity index (χ1) is 8.90. The minimum Gasteiger partial charge on any atom is -0.314 e. The van der Waals surface area contributed by atoms with Crippen molar-refractivity contribution in [3.8, 4) is 0 Å². The Morgan fingerprint density at radius 2 is 1.67 bits per heavy atom. The number of nitrogens with one attached hydrogen (secondary N) is 1. The van der Waals surface area contributed by atoms with Gasteiger partial charge in [-0.3, -0.25) is 0 Å². The molecule has 18 heavy (non-hydrogen) atoms. The van der Waals surface area contributed by atoms with Crippen LogP contribution in [-0.4, -0.2) is 61.7 Å². The SMILES string of the molecule is C1CCC(CCN2CCN(CC3CC3)CC2)NC1. The van der Waals surface area contributed by atoms with Gasteiger partial charge in [-0.2, -0.15) is 0 Å². The Balaban J connectivity index is 1.29. The summed E-state index contributed by atoms with van der Waals surface area (Å²) in [7, 11) is 0. The molecule has 3 nitrogen and oxygen atoms in total. The van der Waals surface area contributed by atoms with Crippen LogP contribution in [0.15, 0.2) is 0 Å². The molecule has 0 aromatic heterocycles. The van der Waals surface area contributed by atoms with Gasteiger partial charge in [0.2, 0.25) is 0 Å². The second-order valence-electron chi connectivity index (χ2n) is 6.52. The monoisotopic (exact) mass is 251 g/mol. The molecule has 1 unspecified atom stereocenters. The van der Waals surface area contributed by atoms with Crippen LogP contribution in [0.4, 0.5) is 0 Å². The van der Waals surface area contributed by atoms with Gasteiger partial charge >= 0.3 is 0 Å². The Morgan fingerprint density at radius 3 is 2.33 bits per heavy atom. The summed E-state index contributed by atoms with van der Waals surface area (Å²) in [6.45, 7) is 9.19. The predicted molar refractivity (Wildman–Crippen MR) is 75.9 cm³/mol. The summed E-state index contributed by atoms with van der Waals surface area (Å²) in [5.41, 5.74) is 0. The third-order valence-electron chi connectivity index (χ3n) is 4.88. The number of rotatable bonds is 5. The molecule has 2 heterocycles. The van der Waals surface area contributed by atoms with Gasteiger partial charge in [-0.25, -0.2) is 0 Å². The average molecular weight is 251 g/mol. The average Bonchev–Trinajstić information content (AvgIpc) is 3.23. The number of hydrogen-bond acceptors (Lipinski definition) is 3. The summed E-state index contributed by atoms with van der Waals surface area (Å²) in [5.74, 6) is 1.06. The molecule has 1 N–H and O–H groups in total. The third kappa shape index (κ3) is 3.94. The maximum absolute atomic E-state index is 3.66. The Morgan fingerprint density at radius 1 is 0.889 bits per heavy atom. The van der Waals surface area contributed by atoms with Crippen molar-refractivity contribution in [1.82, 2.24) is 15.1 Å². The number of nitrogens with zero attached hydrogens (tertiary/aromatic N) is 2. The van der Waals surface area contributed by atoms with Gasteiger partial charge in [0.05, 0.1) is 0 Å². The molecule has 0 aromatic carbocycles. The smallest absolute Gasteiger partial charge is 0.0110 e. The van der Waals surface area contributed by atoms with E-state index >= 15 is 0 Å². The van der Waals surface area contributed by atoms with Gasteiger partial charge in [-0.15, -0.1) is 0 Å². The zero-order valence-electron chi connectivity index (χ0n) is 11.7. The molecular formula is C15H29N3. The van der Waals surface area contributed by atoms with E-state index < -0.39 is 0 Å². The van der Waals surface area contributed by atoms with Crippen molar-refractivity contribution < 1.29 is 0 Å². The molecule has 3 heteroatoms. The fourth-order valence-electron chi connectivity index (χ4n) is 3.37. The van der Waals surface area contributed by atoms with Crippen LogP contribution in [-0.2, 0) is 0 Å². The molecule has 3 fully saturated rings. The summed E-state index contributed by atoms with van der Waals surface area (Å²) in [5, 5.41) is 3.66. The summed E-state index contributed by atoms with van der Waals surface area (Å²) >= 11 is 0. The van der Waals surface area contributed by atoms with Crippen molar-refractivity contribution in [1.29, 1.82) is 0 Å². The molecule has 0 aromatic rings. The van der Waals surface area contributed by atoms with Crippen LogP contribution in [0, 0.1) is 5.92 Å². The first-order valence-electron chi connectivity index (χ1n) is 8.08. The fraction of sp³-hybridized carbons (Fsp3) is 1.00. The maximum Gasteiger partial charge on any atom is 0.0110 e. The van der Waals surface area contributed by atoms with E-state index in [1.54, 1.807) is 0 Å². The Hall–Kier alpha value is -0.120. The zero-order valence-corrected chi connectivity index (χ0v) is 11.7. The van der Waals surface area contributed by atoms with Gasteiger partial charge in [0.1, 0.15) is 0 Å². The summed E-state index contributed by atoms with van der Waals surface area (Å²) in [6.07, 6.45) is 8.58. The van der Waals surface area contributed by atoms with Gasteiger partial charge in [0.25, 0.3) is 0 Å².